The molecule has 0 atom stereocenters. The van der Waals surface area contributed by atoms with E-state index in [0.717, 1.165) is 22.6 Å². The van der Waals surface area contributed by atoms with Gasteiger partial charge in [0.1, 0.15) is 52.3 Å². The summed E-state index contributed by atoms with van der Waals surface area (Å²) in [6.07, 6.45) is 1.34. The summed E-state index contributed by atoms with van der Waals surface area (Å²) >= 11 is 0. The highest BCUT2D eigenvalue weighted by molar-refractivity contribution is 6.11. The fourth-order valence-electron chi connectivity index (χ4n) is 4.85. The number of nitrogen functional groups attached to an aromatic ring is 2. The quantitative estimate of drug-likeness (QED) is 0.122. The third kappa shape index (κ3) is 4.94. The van der Waals surface area contributed by atoms with Crippen molar-refractivity contribution in [3.05, 3.63) is 121 Å². The van der Waals surface area contributed by atoms with Gasteiger partial charge < -0.3 is 20.9 Å². The minimum absolute atomic E-state index is 0.0331. The summed E-state index contributed by atoms with van der Waals surface area (Å²) < 4.78 is 13.3. The molecule has 4 aromatic carbocycles. The summed E-state index contributed by atoms with van der Waals surface area (Å²) in [6.45, 7) is 0. The molecule has 0 aliphatic carbocycles. The van der Waals surface area contributed by atoms with Gasteiger partial charge in [0.05, 0.1) is 10.9 Å². The number of aromatic nitrogens is 6. The summed E-state index contributed by atoms with van der Waals surface area (Å²) in [5.41, 5.74) is 15.8. The van der Waals surface area contributed by atoms with Gasteiger partial charge in [0.25, 0.3) is 0 Å². The highest BCUT2D eigenvalue weighted by Crippen LogP contribution is 2.34. The first-order valence-electron chi connectivity index (χ1n) is 13.6. The number of nitrogens with two attached hydrogens (primary N) is 2. The lowest BCUT2D eigenvalue weighted by atomic mass is 10.1. The Morgan fingerprint density at radius 3 is 1.75 bits per heavy atom. The molecule has 214 valence electrons. The van der Waals surface area contributed by atoms with Gasteiger partial charge in [-0.15, -0.1) is 0 Å². The highest BCUT2D eigenvalue weighted by atomic mass is 16.5. The summed E-state index contributed by atoms with van der Waals surface area (Å²) in [4.78, 5) is 8.62. The van der Waals surface area contributed by atoms with Gasteiger partial charge in [-0.3, -0.25) is 10.5 Å². The minimum Gasteiger partial charge on any atom is -0.457 e. The van der Waals surface area contributed by atoms with Crippen molar-refractivity contribution in [2.45, 2.75) is 0 Å². The molecule has 3 heterocycles. The maximum absolute atomic E-state index is 9.21. The molecule has 6 N–H and O–H groups in total. The van der Waals surface area contributed by atoms with Crippen LogP contribution in [0.25, 0.3) is 33.5 Å². The Labute approximate surface area is 251 Å². The minimum atomic E-state index is -0.0331. The van der Waals surface area contributed by atoms with Crippen LogP contribution in [-0.2, 0) is 0 Å². The van der Waals surface area contributed by atoms with Crippen LogP contribution in [0.5, 0.6) is 23.0 Å². The zero-order chi connectivity index (χ0) is 30.0. The number of anilines is 2. The fraction of sp³-hybridized carbons (Fsp3) is 0. The third-order valence-corrected chi connectivity index (χ3v) is 6.95. The number of rotatable bonds is 7. The van der Waals surface area contributed by atoms with Crippen molar-refractivity contribution >= 4 is 28.5 Å². The normalized spacial score (nSPS) is 11.0. The lowest BCUT2D eigenvalue weighted by Crippen LogP contribution is -2.16. The topological polar surface area (TPSA) is 167 Å². The monoisotopic (exact) mass is 579 g/mol. The van der Waals surface area contributed by atoms with E-state index < -0.39 is 0 Å². The Kier molecular flexibility index (Phi) is 6.64. The first-order chi connectivity index (χ1) is 21.5. The van der Waals surface area contributed by atoms with Crippen molar-refractivity contribution in [1.29, 1.82) is 5.41 Å². The van der Waals surface area contributed by atoms with Crippen molar-refractivity contribution < 1.29 is 9.47 Å². The van der Waals surface area contributed by atoms with E-state index in [2.05, 4.69) is 20.2 Å². The molecule has 0 amide bonds. The highest BCUT2D eigenvalue weighted by Gasteiger charge is 2.25. The third-order valence-electron chi connectivity index (χ3n) is 6.95. The molecule has 0 saturated heterocycles. The van der Waals surface area contributed by atoms with Crippen LogP contribution in [-0.4, -0.2) is 35.8 Å². The fourth-order valence-corrected chi connectivity index (χ4v) is 4.85. The van der Waals surface area contributed by atoms with Gasteiger partial charge in [-0.25, -0.2) is 9.97 Å². The molecule has 11 nitrogen and oxygen atoms in total. The van der Waals surface area contributed by atoms with E-state index in [9.17, 15) is 5.41 Å². The van der Waals surface area contributed by atoms with Crippen LogP contribution < -0.4 is 20.9 Å². The van der Waals surface area contributed by atoms with Gasteiger partial charge in [0.2, 0.25) is 0 Å². The molecular formula is C33H25N9O2. The largest absolute Gasteiger partial charge is 0.457 e. The summed E-state index contributed by atoms with van der Waals surface area (Å²) in [5.74, 6) is 3.20. The number of hydrogen-bond donors (Lipinski definition) is 4. The molecule has 0 saturated carbocycles. The van der Waals surface area contributed by atoms with E-state index in [1.54, 1.807) is 0 Å². The SMILES string of the molecule is N=C(c1c(-c2ccc(Oc3ccccc3)cc2)n[nH]c1N)n1nc(-c2ccc(Oc3ccccc3)cc2)c2c(N)ncnc21. The maximum atomic E-state index is 9.21. The molecule has 0 bridgehead atoms. The van der Waals surface area contributed by atoms with Gasteiger partial charge >= 0.3 is 0 Å². The maximum Gasteiger partial charge on any atom is 0.170 e. The van der Waals surface area contributed by atoms with Crippen LogP contribution in [0.3, 0.4) is 0 Å². The van der Waals surface area contributed by atoms with E-state index >= 15 is 0 Å². The number of nitrogens with zero attached hydrogens (tertiary/aromatic N) is 5. The van der Waals surface area contributed by atoms with E-state index in [0.29, 0.717) is 39.5 Å². The summed E-state index contributed by atoms with van der Waals surface area (Å²) in [7, 11) is 0. The van der Waals surface area contributed by atoms with E-state index in [-0.39, 0.29) is 17.5 Å². The number of fused-ring (bicyclic) bond motifs is 1. The second-order valence-electron chi connectivity index (χ2n) is 9.81. The second kappa shape index (κ2) is 11.1. The molecule has 0 unspecified atom stereocenters. The molecule has 11 heteroatoms. The molecule has 0 fully saturated rings. The van der Waals surface area contributed by atoms with Gasteiger partial charge in [0, 0.05) is 11.1 Å². The predicted octanol–water partition coefficient (Wildman–Crippen LogP) is 6.51. The average Bonchev–Trinajstić information content (AvgIpc) is 3.64. The van der Waals surface area contributed by atoms with Crippen LogP contribution in [0, 0.1) is 5.41 Å². The number of ether oxygens (including phenoxy) is 2. The summed E-state index contributed by atoms with van der Waals surface area (Å²) in [6, 6.07) is 33.8. The molecule has 0 spiro atoms. The van der Waals surface area contributed by atoms with Gasteiger partial charge in [0.15, 0.2) is 11.5 Å². The van der Waals surface area contributed by atoms with Crippen LogP contribution in [0.2, 0.25) is 0 Å². The van der Waals surface area contributed by atoms with Gasteiger partial charge in [-0.2, -0.15) is 14.9 Å². The van der Waals surface area contributed by atoms with Crippen molar-refractivity contribution in [1.82, 2.24) is 29.9 Å². The standard InChI is InChI=1S/C33H25N9O2/c34-30-27-29(21-13-17-25(18-14-21)44-23-9-5-2-6-10-23)41-42(33(27)38-19-37-30)32(36)26-28(39-40-31(26)35)20-11-15-24(16-12-20)43-22-7-3-1-4-8-22/h1-19,36H,(H2,34,37,38)(H3,35,39,40). The van der Waals surface area contributed by atoms with E-state index in [1.807, 2.05) is 109 Å². The molecular weight excluding hydrogens is 554 g/mol. The Balaban J connectivity index is 1.23. The Bertz CT molecular complexity index is 2090. The van der Waals surface area contributed by atoms with Crippen LogP contribution in [0.4, 0.5) is 11.6 Å². The molecule has 0 radical (unpaired) electrons. The van der Waals surface area contributed by atoms with Crippen molar-refractivity contribution in [2.24, 2.45) is 0 Å². The number of hydrogen-bond acceptors (Lipinski definition) is 9. The smallest absolute Gasteiger partial charge is 0.170 e. The molecule has 44 heavy (non-hydrogen) atoms. The second-order valence-corrected chi connectivity index (χ2v) is 9.81. The lowest BCUT2D eigenvalue weighted by Gasteiger charge is -2.09. The first kappa shape index (κ1) is 26.4. The van der Waals surface area contributed by atoms with Crippen LogP contribution in [0.15, 0.2) is 116 Å². The number of benzene rings is 4. The molecule has 7 rings (SSSR count). The Hall–Kier alpha value is -6.49. The van der Waals surface area contributed by atoms with E-state index in [1.165, 1.54) is 11.0 Å². The zero-order valence-electron chi connectivity index (χ0n) is 23.2. The van der Waals surface area contributed by atoms with Crippen LogP contribution in [0.1, 0.15) is 5.56 Å². The van der Waals surface area contributed by atoms with Gasteiger partial charge in [-0.05, 0) is 72.8 Å². The number of H-pyrrole nitrogens is 1. The number of para-hydroxylation sites is 2. The molecule has 7 aromatic rings. The van der Waals surface area contributed by atoms with Gasteiger partial charge in [-0.1, -0.05) is 36.4 Å². The molecule has 0 aliphatic heterocycles. The Morgan fingerprint density at radius 1 is 0.659 bits per heavy atom. The molecule has 3 aromatic heterocycles. The van der Waals surface area contributed by atoms with Crippen molar-refractivity contribution in [2.75, 3.05) is 11.5 Å². The predicted molar refractivity (Wildman–Crippen MR) is 169 cm³/mol. The molecule has 0 aliphatic rings. The zero-order valence-corrected chi connectivity index (χ0v) is 23.2. The Morgan fingerprint density at radius 2 is 1.18 bits per heavy atom. The number of aromatic amines is 1. The average molecular weight is 580 g/mol. The number of nitrogens with one attached hydrogen (secondary N) is 2. The van der Waals surface area contributed by atoms with Crippen LogP contribution >= 0.6 is 0 Å². The van der Waals surface area contributed by atoms with Crippen molar-refractivity contribution in [3.63, 3.8) is 0 Å². The van der Waals surface area contributed by atoms with Crippen molar-refractivity contribution in [3.8, 4) is 45.5 Å². The lowest BCUT2D eigenvalue weighted by molar-refractivity contribution is 0.482. The summed E-state index contributed by atoms with van der Waals surface area (Å²) in [5, 5.41) is 21.7. The van der Waals surface area contributed by atoms with E-state index in [4.69, 9.17) is 26.0 Å². The first-order valence-corrected chi connectivity index (χ1v) is 13.6.